The average molecular weight is 308 g/mol. The molecule has 1 aromatic carbocycles. The van der Waals surface area contributed by atoms with Crippen LogP contribution in [-0.4, -0.2) is 29.9 Å². The first-order chi connectivity index (χ1) is 10.7. The van der Waals surface area contributed by atoms with Crippen LogP contribution < -0.4 is 11.1 Å². The molecule has 1 rings (SSSR count). The Balaban J connectivity index is 2.37. The number of aliphatic hydroxyl groups excluding tert-OH is 1. The monoisotopic (exact) mass is 308 g/mol. The van der Waals surface area contributed by atoms with Crippen molar-refractivity contribution in [3.05, 3.63) is 35.9 Å². The van der Waals surface area contributed by atoms with Gasteiger partial charge in [-0.25, -0.2) is 4.79 Å². The van der Waals surface area contributed by atoms with Crippen LogP contribution in [0.3, 0.4) is 0 Å². The van der Waals surface area contributed by atoms with Crippen LogP contribution in [0, 0.1) is 0 Å². The molecule has 0 spiro atoms. The summed E-state index contributed by atoms with van der Waals surface area (Å²) in [6, 6.07) is 9.13. The van der Waals surface area contributed by atoms with E-state index in [1.807, 2.05) is 30.3 Å². The minimum atomic E-state index is -0.745. The number of amides is 1. The molecule has 1 amide bonds. The lowest BCUT2D eigenvalue weighted by molar-refractivity contribution is 0.102. The maximum absolute atomic E-state index is 11.9. The highest BCUT2D eigenvalue weighted by Gasteiger charge is 2.20. The van der Waals surface area contributed by atoms with E-state index in [1.54, 1.807) is 0 Å². The number of unbranched alkanes of at least 4 members (excludes halogenated alkanes) is 3. The van der Waals surface area contributed by atoms with Crippen molar-refractivity contribution in [1.82, 2.24) is 5.32 Å². The fourth-order valence-corrected chi connectivity index (χ4v) is 2.23. The van der Waals surface area contributed by atoms with Gasteiger partial charge in [0.05, 0.1) is 12.1 Å². The summed E-state index contributed by atoms with van der Waals surface area (Å²) < 4.78 is 5.18. The summed E-state index contributed by atoms with van der Waals surface area (Å²) in [5.41, 5.74) is 6.43. The lowest BCUT2D eigenvalue weighted by Crippen LogP contribution is -2.46. The first-order valence-electron chi connectivity index (χ1n) is 8.02. The molecule has 4 N–H and O–H groups in total. The third kappa shape index (κ3) is 7.43. The van der Waals surface area contributed by atoms with Crippen LogP contribution in [-0.2, 0) is 11.3 Å². The molecule has 0 saturated carbocycles. The van der Waals surface area contributed by atoms with Gasteiger partial charge >= 0.3 is 6.09 Å². The zero-order valence-electron chi connectivity index (χ0n) is 13.3. The molecule has 0 aliphatic heterocycles. The zero-order chi connectivity index (χ0) is 16.2. The van der Waals surface area contributed by atoms with Gasteiger partial charge in [-0.3, -0.25) is 0 Å². The van der Waals surface area contributed by atoms with Crippen molar-refractivity contribution in [1.29, 1.82) is 0 Å². The van der Waals surface area contributed by atoms with Crippen molar-refractivity contribution < 1.29 is 14.6 Å². The molecule has 2 atom stereocenters. The standard InChI is InChI=1S/C17H28N2O3/c1-2-3-4-8-11-15(16(20)12-18)19-17(21)22-13-14-9-6-5-7-10-14/h5-7,9-10,15-16,20H,2-4,8,11-13,18H2,1H3,(H,19,21). The number of nitrogens with two attached hydrogens (primary N) is 1. The van der Waals surface area contributed by atoms with Gasteiger partial charge in [0, 0.05) is 6.54 Å². The van der Waals surface area contributed by atoms with Gasteiger partial charge in [-0.15, -0.1) is 0 Å². The second kappa shape index (κ2) is 11.0. The summed E-state index contributed by atoms with van der Waals surface area (Å²) in [6.45, 7) is 2.48. The molecule has 0 aliphatic rings. The van der Waals surface area contributed by atoms with Crippen LogP contribution >= 0.6 is 0 Å². The molecule has 0 saturated heterocycles. The van der Waals surface area contributed by atoms with Gasteiger partial charge < -0.3 is 20.9 Å². The van der Waals surface area contributed by atoms with Crippen molar-refractivity contribution in [2.75, 3.05) is 6.54 Å². The molecule has 22 heavy (non-hydrogen) atoms. The molecule has 0 fully saturated rings. The maximum atomic E-state index is 11.9. The zero-order valence-corrected chi connectivity index (χ0v) is 13.3. The van der Waals surface area contributed by atoms with E-state index in [4.69, 9.17) is 10.5 Å². The van der Waals surface area contributed by atoms with Crippen molar-refractivity contribution in [3.8, 4) is 0 Å². The van der Waals surface area contributed by atoms with E-state index in [1.165, 1.54) is 0 Å². The number of hydrogen-bond acceptors (Lipinski definition) is 4. The van der Waals surface area contributed by atoms with Crippen molar-refractivity contribution in [2.45, 2.75) is 57.8 Å². The molecule has 1 aromatic rings. The van der Waals surface area contributed by atoms with E-state index in [0.29, 0.717) is 6.42 Å². The topological polar surface area (TPSA) is 84.6 Å². The van der Waals surface area contributed by atoms with Gasteiger partial charge in [-0.2, -0.15) is 0 Å². The summed E-state index contributed by atoms with van der Waals surface area (Å²) >= 11 is 0. The van der Waals surface area contributed by atoms with E-state index in [9.17, 15) is 9.90 Å². The third-order valence-electron chi connectivity index (χ3n) is 3.59. The van der Waals surface area contributed by atoms with Gasteiger partial charge in [0.15, 0.2) is 0 Å². The molecule has 2 unspecified atom stereocenters. The summed E-state index contributed by atoms with van der Waals surface area (Å²) in [7, 11) is 0. The Hall–Kier alpha value is -1.59. The fourth-order valence-electron chi connectivity index (χ4n) is 2.23. The summed E-state index contributed by atoms with van der Waals surface area (Å²) in [5, 5.41) is 12.6. The van der Waals surface area contributed by atoms with Crippen molar-refractivity contribution >= 4 is 6.09 Å². The van der Waals surface area contributed by atoms with Crippen LogP contribution in [0.4, 0.5) is 4.79 Å². The molecule has 0 radical (unpaired) electrons. The van der Waals surface area contributed by atoms with Crippen LogP contribution in [0.2, 0.25) is 0 Å². The number of aliphatic hydroxyl groups is 1. The van der Waals surface area contributed by atoms with Crippen LogP contribution in [0.15, 0.2) is 30.3 Å². The Labute approximate surface area is 132 Å². The Bertz CT molecular complexity index is 412. The lowest BCUT2D eigenvalue weighted by atomic mass is 10.0. The van der Waals surface area contributed by atoms with E-state index < -0.39 is 12.2 Å². The molecule has 0 aromatic heterocycles. The molecule has 5 heteroatoms. The molecule has 5 nitrogen and oxygen atoms in total. The lowest BCUT2D eigenvalue weighted by Gasteiger charge is -2.23. The summed E-state index contributed by atoms with van der Waals surface area (Å²) in [4.78, 5) is 11.9. The summed E-state index contributed by atoms with van der Waals surface area (Å²) in [5.74, 6) is 0. The van der Waals surface area contributed by atoms with Crippen molar-refractivity contribution in [2.24, 2.45) is 5.73 Å². The van der Waals surface area contributed by atoms with Crippen molar-refractivity contribution in [3.63, 3.8) is 0 Å². The third-order valence-corrected chi connectivity index (χ3v) is 3.59. The normalized spacial score (nSPS) is 13.4. The Morgan fingerprint density at radius 2 is 2.00 bits per heavy atom. The highest BCUT2D eigenvalue weighted by molar-refractivity contribution is 5.67. The Morgan fingerprint density at radius 1 is 1.27 bits per heavy atom. The molecule has 0 bridgehead atoms. The van der Waals surface area contributed by atoms with Gasteiger partial charge in [-0.05, 0) is 12.0 Å². The average Bonchev–Trinajstić information content (AvgIpc) is 2.56. The number of ether oxygens (including phenoxy) is 1. The number of benzene rings is 1. The second-order valence-corrected chi connectivity index (χ2v) is 5.46. The second-order valence-electron chi connectivity index (χ2n) is 5.46. The minimum absolute atomic E-state index is 0.122. The van der Waals surface area contributed by atoms with E-state index >= 15 is 0 Å². The van der Waals surface area contributed by atoms with E-state index in [0.717, 1.165) is 31.2 Å². The van der Waals surface area contributed by atoms with Crippen LogP contribution in [0.5, 0.6) is 0 Å². The number of carbonyl (C=O) groups is 1. The highest BCUT2D eigenvalue weighted by atomic mass is 16.5. The largest absolute Gasteiger partial charge is 0.445 e. The number of rotatable bonds is 10. The van der Waals surface area contributed by atoms with Gasteiger partial charge in [0.1, 0.15) is 6.61 Å². The predicted molar refractivity (Wildman–Crippen MR) is 87.4 cm³/mol. The van der Waals surface area contributed by atoms with Gasteiger partial charge in [0.25, 0.3) is 0 Å². The number of alkyl carbamates (subject to hydrolysis) is 1. The first kappa shape index (κ1) is 18.5. The maximum Gasteiger partial charge on any atom is 0.407 e. The molecular formula is C17H28N2O3. The Kier molecular flexibility index (Phi) is 9.26. The quantitative estimate of drug-likeness (QED) is 0.580. The minimum Gasteiger partial charge on any atom is -0.445 e. The molecule has 0 aliphatic carbocycles. The van der Waals surface area contributed by atoms with Gasteiger partial charge in [0.2, 0.25) is 0 Å². The predicted octanol–water partition coefficient (Wildman–Crippen LogP) is 2.57. The van der Waals surface area contributed by atoms with Crippen LogP contribution in [0.1, 0.15) is 44.6 Å². The van der Waals surface area contributed by atoms with Gasteiger partial charge in [-0.1, -0.05) is 62.9 Å². The molecule has 124 valence electrons. The molecular weight excluding hydrogens is 280 g/mol. The van der Waals surface area contributed by atoms with Crippen LogP contribution in [0.25, 0.3) is 0 Å². The first-order valence-corrected chi connectivity index (χ1v) is 8.02. The van der Waals surface area contributed by atoms with E-state index in [2.05, 4.69) is 12.2 Å². The number of carbonyl (C=O) groups excluding carboxylic acids is 1. The SMILES string of the molecule is CCCCCCC(NC(=O)OCc1ccccc1)C(O)CN. The van der Waals surface area contributed by atoms with E-state index in [-0.39, 0.29) is 19.2 Å². The summed E-state index contributed by atoms with van der Waals surface area (Å²) in [6.07, 6.45) is 3.79. The fraction of sp³-hybridized carbons (Fsp3) is 0.588. The number of hydrogen-bond donors (Lipinski definition) is 3. The highest BCUT2D eigenvalue weighted by Crippen LogP contribution is 2.09. The molecule has 0 heterocycles. The Morgan fingerprint density at radius 3 is 2.64 bits per heavy atom. The smallest absolute Gasteiger partial charge is 0.407 e. The number of nitrogens with one attached hydrogen (secondary N) is 1.